The van der Waals surface area contributed by atoms with Gasteiger partial charge >= 0.3 is 0 Å². The second kappa shape index (κ2) is 8.22. The average molecular weight is 449 g/mol. The first-order chi connectivity index (χ1) is 12.4. The van der Waals surface area contributed by atoms with Crippen molar-refractivity contribution in [1.82, 2.24) is 5.32 Å². The van der Waals surface area contributed by atoms with E-state index in [4.69, 9.17) is 58.0 Å². The molecule has 9 heteroatoms. The number of alkyl halides is 2. The Morgan fingerprint density at radius 1 is 1.08 bits per heavy atom. The van der Waals surface area contributed by atoms with Crippen molar-refractivity contribution in [1.29, 1.82) is 5.26 Å². The van der Waals surface area contributed by atoms with Gasteiger partial charge in [-0.25, -0.2) is 5.01 Å². The van der Waals surface area contributed by atoms with Gasteiger partial charge in [-0.1, -0.05) is 70.1 Å². The summed E-state index contributed by atoms with van der Waals surface area (Å²) in [5.74, 6) is -0.636. The fraction of sp³-hybridized carbons (Fsp3) is 0.176. The first-order valence-electron chi connectivity index (χ1n) is 7.42. The number of nitrogens with zero attached hydrogens (tertiary/aromatic N) is 3. The lowest BCUT2D eigenvalue weighted by Gasteiger charge is -2.30. The molecule has 0 saturated heterocycles. The number of hydrazone groups is 1. The van der Waals surface area contributed by atoms with Crippen LogP contribution in [0.1, 0.15) is 17.0 Å². The van der Waals surface area contributed by atoms with Crippen LogP contribution < -0.4 is 10.3 Å². The third kappa shape index (κ3) is 4.04. The summed E-state index contributed by atoms with van der Waals surface area (Å²) in [6, 6.07) is 12.5. The average Bonchev–Trinajstić information content (AvgIpc) is 2.59. The Hall–Kier alpha value is -1.19. The summed E-state index contributed by atoms with van der Waals surface area (Å²) in [5, 5.41) is 19.5. The van der Waals surface area contributed by atoms with Gasteiger partial charge in [-0.05, 0) is 29.8 Å². The fourth-order valence-corrected chi connectivity index (χ4v) is 3.92. The zero-order valence-electron chi connectivity index (χ0n) is 13.0. The number of hydrogen-bond acceptors (Lipinski definition) is 4. The van der Waals surface area contributed by atoms with Crippen molar-refractivity contribution in [2.24, 2.45) is 5.10 Å². The van der Waals surface area contributed by atoms with Crippen LogP contribution in [0.4, 0.5) is 5.69 Å². The smallest absolute Gasteiger partial charge is 0.179 e. The molecule has 3 atom stereocenters. The van der Waals surface area contributed by atoms with Crippen molar-refractivity contribution < 1.29 is 0 Å². The Morgan fingerprint density at radius 2 is 1.69 bits per heavy atom. The lowest BCUT2D eigenvalue weighted by atomic mass is 9.92. The minimum atomic E-state index is -0.663. The number of benzene rings is 2. The number of hydrogen-bond donors (Lipinski definition) is 1. The third-order valence-corrected chi connectivity index (χ3v) is 5.21. The van der Waals surface area contributed by atoms with Crippen LogP contribution in [0.5, 0.6) is 0 Å². The Bertz CT molecular complexity index is 855. The molecule has 0 amide bonds. The number of nitrogens with one attached hydrogen (secondary N) is 1. The fourth-order valence-electron chi connectivity index (χ4n) is 2.57. The van der Waals surface area contributed by atoms with Gasteiger partial charge in [0.2, 0.25) is 0 Å². The Balaban J connectivity index is 2.01. The lowest BCUT2D eigenvalue weighted by Crippen LogP contribution is -2.47. The molecule has 3 rings (SSSR count). The predicted molar refractivity (Wildman–Crippen MR) is 109 cm³/mol. The molecule has 0 radical (unpaired) electrons. The second-order valence-electron chi connectivity index (χ2n) is 5.45. The van der Waals surface area contributed by atoms with E-state index in [1.165, 1.54) is 11.2 Å². The van der Waals surface area contributed by atoms with Crippen molar-refractivity contribution in [3.05, 3.63) is 62.6 Å². The molecule has 134 valence electrons. The topological polar surface area (TPSA) is 51.4 Å². The first kappa shape index (κ1) is 19.6. The molecule has 26 heavy (non-hydrogen) atoms. The SMILES string of the molecule is N#CC(c1ccc(Cl)cc1)c1c(Cl)cc(N2N=CC(Cl)NC2Cl)cc1Cl. The number of nitriles is 1. The number of halogens is 5. The summed E-state index contributed by atoms with van der Waals surface area (Å²) < 4.78 is 0. The molecular formula is C17H11Cl5N4. The van der Waals surface area contributed by atoms with E-state index >= 15 is 0 Å². The van der Waals surface area contributed by atoms with E-state index in [0.29, 0.717) is 26.3 Å². The lowest BCUT2D eigenvalue weighted by molar-refractivity contribution is 0.616. The van der Waals surface area contributed by atoms with E-state index in [1.54, 1.807) is 36.4 Å². The van der Waals surface area contributed by atoms with Crippen molar-refractivity contribution in [2.45, 2.75) is 17.0 Å². The van der Waals surface area contributed by atoms with Gasteiger partial charge in [-0.15, -0.1) is 0 Å². The molecule has 1 heterocycles. The molecule has 2 aromatic rings. The van der Waals surface area contributed by atoms with Gasteiger partial charge < -0.3 is 0 Å². The molecule has 1 aliphatic heterocycles. The minimum Gasteiger partial charge on any atom is -0.262 e. The van der Waals surface area contributed by atoms with Gasteiger partial charge in [-0.3, -0.25) is 5.32 Å². The zero-order chi connectivity index (χ0) is 18.8. The van der Waals surface area contributed by atoms with E-state index in [2.05, 4.69) is 16.5 Å². The molecule has 1 aliphatic rings. The van der Waals surface area contributed by atoms with Crippen molar-refractivity contribution in [2.75, 3.05) is 5.01 Å². The quantitative estimate of drug-likeness (QED) is 0.478. The highest BCUT2D eigenvalue weighted by molar-refractivity contribution is 6.37. The van der Waals surface area contributed by atoms with Crippen LogP contribution in [0, 0.1) is 11.3 Å². The highest BCUT2D eigenvalue weighted by Crippen LogP contribution is 2.39. The molecule has 4 nitrogen and oxygen atoms in total. The largest absolute Gasteiger partial charge is 0.262 e. The Morgan fingerprint density at radius 3 is 2.23 bits per heavy atom. The molecule has 0 saturated carbocycles. The third-order valence-electron chi connectivity index (χ3n) is 3.78. The summed E-state index contributed by atoms with van der Waals surface area (Å²) in [5.41, 5.74) is 0.697. The second-order valence-corrected chi connectivity index (χ2v) is 7.58. The molecule has 0 aliphatic carbocycles. The monoisotopic (exact) mass is 446 g/mol. The van der Waals surface area contributed by atoms with Crippen LogP contribution in [-0.2, 0) is 0 Å². The van der Waals surface area contributed by atoms with Gasteiger partial charge in [0.1, 0.15) is 5.50 Å². The van der Waals surface area contributed by atoms with Crippen LogP contribution >= 0.6 is 58.0 Å². The van der Waals surface area contributed by atoms with Crippen molar-refractivity contribution in [3.63, 3.8) is 0 Å². The predicted octanol–water partition coefficient (Wildman–Crippen LogP) is 5.78. The highest BCUT2D eigenvalue weighted by Gasteiger charge is 2.26. The number of anilines is 1. The molecule has 2 aromatic carbocycles. The van der Waals surface area contributed by atoms with E-state index in [0.717, 1.165) is 5.56 Å². The first-order valence-corrected chi connectivity index (χ1v) is 9.43. The van der Waals surface area contributed by atoms with Crippen LogP contribution in [0.3, 0.4) is 0 Å². The van der Waals surface area contributed by atoms with Gasteiger partial charge in [0.05, 0.1) is 23.9 Å². The van der Waals surface area contributed by atoms with Gasteiger partial charge in [0, 0.05) is 20.6 Å². The van der Waals surface area contributed by atoms with Gasteiger partial charge in [0.25, 0.3) is 0 Å². The molecule has 0 spiro atoms. The normalized spacial score (nSPS) is 20.7. The van der Waals surface area contributed by atoms with Crippen LogP contribution in [0.25, 0.3) is 0 Å². The van der Waals surface area contributed by atoms with E-state index < -0.39 is 17.0 Å². The van der Waals surface area contributed by atoms with Gasteiger partial charge in [0.15, 0.2) is 5.62 Å². The maximum atomic E-state index is 9.66. The summed E-state index contributed by atoms with van der Waals surface area (Å²) in [6.45, 7) is 0. The van der Waals surface area contributed by atoms with Gasteiger partial charge in [-0.2, -0.15) is 10.4 Å². The van der Waals surface area contributed by atoms with Crippen LogP contribution in [0.2, 0.25) is 15.1 Å². The van der Waals surface area contributed by atoms with Crippen molar-refractivity contribution in [3.8, 4) is 6.07 Å². The van der Waals surface area contributed by atoms with E-state index in [9.17, 15) is 5.26 Å². The molecule has 0 aromatic heterocycles. The molecule has 0 fully saturated rings. The van der Waals surface area contributed by atoms with Crippen LogP contribution in [-0.4, -0.2) is 17.3 Å². The summed E-state index contributed by atoms with van der Waals surface area (Å²) in [7, 11) is 0. The molecular weight excluding hydrogens is 437 g/mol. The molecule has 3 unspecified atom stereocenters. The zero-order valence-corrected chi connectivity index (χ0v) is 16.8. The summed E-state index contributed by atoms with van der Waals surface area (Å²) in [6.07, 6.45) is 1.50. The minimum absolute atomic E-state index is 0.334. The summed E-state index contributed by atoms with van der Waals surface area (Å²) >= 11 is 31.0. The molecule has 0 bridgehead atoms. The van der Waals surface area contributed by atoms with E-state index in [-0.39, 0.29) is 0 Å². The highest BCUT2D eigenvalue weighted by atomic mass is 35.5. The number of rotatable bonds is 3. The maximum Gasteiger partial charge on any atom is 0.179 e. The maximum absolute atomic E-state index is 9.66. The standard InChI is InChI=1S/C17H11Cl5N4/c18-10-3-1-9(2-4-10)12(7-23)16-13(19)5-11(6-14(16)20)26-17(22)25-15(21)8-24-26/h1-6,8,12,15,17,25H. The Kier molecular flexibility index (Phi) is 6.19. The Labute approximate surface area is 175 Å². The van der Waals surface area contributed by atoms with Crippen LogP contribution in [0.15, 0.2) is 41.5 Å². The van der Waals surface area contributed by atoms with E-state index in [1.807, 2.05) is 0 Å². The van der Waals surface area contributed by atoms with Crippen molar-refractivity contribution >= 4 is 69.9 Å². The molecule has 1 N–H and O–H groups in total. The summed E-state index contributed by atoms with van der Waals surface area (Å²) in [4.78, 5) is 0.